The van der Waals surface area contributed by atoms with Crippen LogP contribution in [-0.4, -0.2) is 43.6 Å². The van der Waals surface area contributed by atoms with E-state index in [1.165, 1.54) is 6.21 Å². The van der Waals surface area contributed by atoms with Crippen molar-refractivity contribution in [2.24, 2.45) is 5.16 Å². The highest BCUT2D eigenvalue weighted by Crippen LogP contribution is 2.10. The lowest BCUT2D eigenvalue weighted by Gasteiger charge is -2.10. The second-order valence-electron chi connectivity index (χ2n) is 3.47. The lowest BCUT2D eigenvalue weighted by Crippen LogP contribution is -2.19. The van der Waals surface area contributed by atoms with Gasteiger partial charge in [-0.05, 0) is 43.9 Å². The second kappa shape index (κ2) is 7.96. The summed E-state index contributed by atoms with van der Waals surface area (Å²) in [6.45, 7) is 1.56. The average Bonchev–Trinajstić information content (AvgIpc) is 2.20. The molecule has 1 rings (SSSR count). The van der Waals surface area contributed by atoms with Crippen molar-refractivity contribution < 1.29 is 9.94 Å². The van der Waals surface area contributed by atoms with Gasteiger partial charge in [-0.2, -0.15) is 0 Å². The highest BCUT2D eigenvalue weighted by molar-refractivity contribution is 5.85. The van der Waals surface area contributed by atoms with Crippen LogP contribution < -0.4 is 4.74 Å². The van der Waals surface area contributed by atoms with Crippen molar-refractivity contribution in [3.63, 3.8) is 0 Å². The number of nitrogens with zero attached hydrogens (tertiary/aromatic N) is 2. The predicted molar refractivity (Wildman–Crippen MR) is 67.1 cm³/mol. The molecule has 0 spiro atoms. The van der Waals surface area contributed by atoms with Crippen LogP contribution in [0.5, 0.6) is 5.75 Å². The van der Waals surface area contributed by atoms with Crippen molar-refractivity contribution in [1.29, 1.82) is 0 Å². The molecule has 90 valence electrons. The molecule has 0 heterocycles. The Morgan fingerprint density at radius 3 is 2.44 bits per heavy atom. The Labute approximate surface area is 102 Å². The third-order valence-electron chi connectivity index (χ3n) is 1.89. The Bertz CT molecular complexity index is 312. The first-order chi connectivity index (χ1) is 7.22. The fourth-order valence-corrected chi connectivity index (χ4v) is 1.06. The molecule has 0 amide bonds. The van der Waals surface area contributed by atoms with Gasteiger partial charge in [0.05, 0.1) is 6.21 Å². The van der Waals surface area contributed by atoms with Crippen LogP contribution >= 0.6 is 12.4 Å². The summed E-state index contributed by atoms with van der Waals surface area (Å²) in [6.07, 6.45) is 1.38. The molecule has 0 fully saturated rings. The van der Waals surface area contributed by atoms with E-state index in [0.29, 0.717) is 6.61 Å². The largest absolute Gasteiger partial charge is 0.492 e. The predicted octanol–water partition coefficient (Wildman–Crippen LogP) is 1.86. The van der Waals surface area contributed by atoms with Gasteiger partial charge in [0.1, 0.15) is 12.4 Å². The molecule has 1 aromatic carbocycles. The van der Waals surface area contributed by atoms with Crippen molar-refractivity contribution in [3.05, 3.63) is 29.8 Å². The minimum absolute atomic E-state index is 0. The molecule has 0 unspecified atom stereocenters. The van der Waals surface area contributed by atoms with Crippen molar-refractivity contribution in [2.75, 3.05) is 27.2 Å². The second-order valence-corrected chi connectivity index (χ2v) is 3.47. The smallest absolute Gasteiger partial charge is 0.119 e. The maximum Gasteiger partial charge on any atom is 0.119 e. The third-order valence-corrected chi connectivity index (χ3v) is 1.89. The maximum absolute atomic E-state index is 8.32. The molecule has 0 aliphatic rings. The number of likely N-dealkylation sites (N-methyl/N-ethyl adjacent to an activating group) is 1. The summed E-state index contributed by atoms with van der Waals surface area (Å²) >= 11 is 0. The van der Waals surface area contributed by atoms with E-state index in [2.05, 4.69) is 10.1 Å². The van der Waals surface area contributed by atoms with Gasteiger partial charge in [-0.25, -0.2) is 0 Å². The van der Waals surface area contributed by atoms with Crippen molar-refractivity contribution in [1.82, 2.24) is 4.90 Å². The number of hydrogen-bond donors (Lipinski definition) is 1. The summed E-state index contributed by atoms with van der Waals surface area (Å²) in [5, 5.41) is 11.3. The number of rotatable bonds is 5. The number of ether oxygens (including phenoxy) is 1. The molecule has 4 nitrogen and oxygen atoms in total. The van der Waals surface area contributed by atoms with Gasteiger partial charge in [-0.15, -0.1) is 12.4 Å². The summed E-state index contributed by atoms with van der Waals surface area (Å²) in [5.74, 6) is 0.826. The van der Waals surface area contributed by atoms with Crippen LogP contribution in [0.4, 0.5) is 0 Å². The molecule has 0 radical (unpaired) electrons. The quantitative estimate of drug-likeness (QED) is 0.489. The Morgan fingerprint density at radius 1 is 1.31 bits per heavy atom. The Hall–Kier alpha value is -1.26. The van der Waals surface area contributed by atoms with Crippen molar-refractivity contribution in [3.8, 4) is 5.75 Å². The van der Waals surface area contributed by atoms with Gasteiger partial charge in [0.25, 0.3) is 0 Å². The maximum atomic E-state index is 8.32. The van der Waals surface area contributed by atoms with E-state index in [-0.39, 0.29) is 12.4 Å². The van der Waals surface area contributed by atoms with Crippen molar-refractivity contribution >= 4 is 18.6 Å². The van der Waals surface area contributed by atoms with Crippen LogP contribution in [0.3, 0.4) is 0 Å². The minimum Gasteiger partial charge on any atom is -0.492 e. The van der Waals surface area contributed by atoms with E-state index in [0.717, 1.165) is 17.9 Å². The summed E-state index contributed by atoms with van der Waals surface area (Å²) in [6, 6.07) is 7.38. The molecule has 0 aliphatic carbocycles. The monoisotopic (exact) mass is 244 g/mol. The van der Waals surface area contributed by atoms with Crippen LogP contribution in [0.1, 0.15) is 5.56 Å². The number of oxime groups is 1. The first kappa shape index (κ1) is 14.7. The molecule has 0 aliphatic heterocycles. The zero-order chi connectivity index (χ0) is 11.1. The van der Waals surface area contributed by atoms with Gasteiger partial charge < -0.3 is 14.8 Å². The lowest BCUT2D eigenvalue weighted by molar-refractivity contribution is 0.261. The van der Waals surface area contributed by atoms with Crippen LogP contribution in [0, 0.1) is 0 Å². The van der Waals surface area contributed by atoms with Gasteiger partial charge in [-0.1, -0.05) is 5.16 Å². The highest BCUT2D eigenvalue weighted by Gasteiger charge is 1.94. The molecule has 0 aromatic heterocycles. The Kier molecular flexibility index (Phi) is 7.33. The van der Waals surface area contributed by atoms with Gasteiger partial charge in [0.2, 0.25) is 0 Å². The van der Waals surface area contributed by atoms with Crippen LogP contribution in [-0.2, 0) is 0 Å². The first-order valence-electron chi connectivity index (χ1n) is 4.77. The average molecular weight is 245 g/mol. The molecule has 0 saturated carbocycles. The zero-order valence-corrected chi connectivity index (χ0v) is 10.3. The number of hydrogen-bond acceptors (Lipinski definition) is 4. The molecule has 0 bridgehead atoms. The highest BCUT2D eigenvalue weighted by atomic mass is 35.5. The molecule has 0 saturated heterocycles. The number of halogens is 1. The summed E-state index contributed by atoms with van der Waals surface area (Å²) in [7, 11) is 4.01. The summed E-state index contributed by atoms with van der Waals surface area (Å²) < 4.78 is 5.50. The molecule has 0 atom stereocenters. The Balaban J connectivity index is 0.00000225. The van der Waals surface area contributed by atoms with Gasteiger partial charge in [0.15, 0.2) is 0 Å². The minimum atomic E-state index is 0. The van der Waals surface area contributed by atoms with Crippen LogP contribution in [0.2, 0.25) is 0 Å². The third kappa shape index (κ3) is 5.58. The summed E-state index contributed by atoms with van der Waals surface area (Å²) in [5.41, 5.74) is 0.845. The molecule has 1 N–H and O–H groups in total. The molecule has 1 aromatic rings. The van der Waals surface area contributed by atoms with E-state index in [1.807, 2.05) is 38.4 Å². The molecular formula is C11H17ClN2O2. The van der Waals surface area contributed by atoms with E-state index in [9.17, 15) is 0 Å². The van der Waals surface area contributed by atoms with E-state index >= 15 is 0 Å². The Morgan fingerprint density at radius 2 is 1.94 bits per heavy atom. The molecule has 5 heteroatoms. The normalized spacial score (nSPS) is 10.4. The lowest BCUT2D eigenvalue weighted by atomic mass is 10.2. The van der Waals surface area contributed by atoms with Crippen LogP contribution in [0.25, 0.3) is 0 Å². The SMILES string of the molecule is CN(C)CCOc1ccc(/C=N\O)cc1.Cl. The summed E-state index contributed by atoms with van der Waals surface area (Å²) in [4.78, 5) is 2.06. The number of benzene rings is 1. The fourth-order valence-electron chi connectivity index (χ4n) is 1.06. The standard InChI is InChI=1S/C11H16N2O2.ClH/c1-13(2)7-8-15-11-5-3-10(4-6-11)9-12-14;/h3-6,9,14H,7-8H2,1-2H3;1H/b12-9-;. The van der Waals surface area contributed by atoms with Crippen LogP contribution in [0.15, 0.2) is 29.4 Å². The van der Waals surface area contributed by atoms with E-state index < -0.39 is 0 Å². The molecule has 16 heavy (non-hydrogen) atoms. The van der Waals surface area contributed by atoms with Gasteiger partial charge in [0, 0.05) is 6.54 Å². The first-order valence-corrected chi connectivity index (χ1v) is 4.77. The zero-order valence-electron chi connectivity index (χ0n) is 9.46. The van der Waals surface area contributed by atoms with E-state index in [4.69, 9.17) is 9.94 Å². The van der Waals surface area contributed by atoms with E-state index in [1.54, 1.807) is 0 Å². The van der Waals surface area contributed by atoms with Gasteiger partial charge in [-0.3, -0.25) is 0 Å². The van der Waals surface area contributed by atoms with Gasteiger partial charge >= 0.3 is 0 Å². The topological polar surface area (TPSA) is 45.1 Å². The molecular weight excluding hydrogens is 228 g/mol. The van der Waals surface area contributed by atoms with Crippen molar-refractivity contribution in [2.45, 2.75) is 0 Å². The fraction of sp³-hybridized carbons (Fsp3) is 0.364.